The van der Waals surface area contributed by atoms with Crippen LogP contribution in [0.4, 0.5) is 15.8 Å². The predicted molar refractivity (Wildman–Crippen MR) is 149 cm³/mol. The number of anilines is 2. The van der Waals surface area contributed by atoms with Gasteiger partial charge in [-0.05, 0) is 67.9 Å². The lowest BCUT2D eigenvalue weighted by molar-refractivity contribution is -0.118. The Bertz CT molecular complexity index is 1600. The first-order chi connectivity index (χ1) is 18.4. The molecule has 1 heterocycles. The van der Waals surface area contributed by atoms with Crippen LogP contribution in [-0.2, 0) is 4.79 Å². The highest BCUT2D eigenvalue weighted by Gasteiger charge is 2.22. The summed E-state index contributed by atoms with van der Waals surface area (Å²) in [5, 5.41) is 20.0. The van der Waals surface area contributed by atoms with Crippen LogP contribution in [-0.4, -0.2) is 26.0 Å². The van der Waals surface area contributed by atoms with E-state index in [2.05, 4.69) is 41.4 Å². The Morgan fingerprint density at radius 1 is 0.947 bits per heavy atom. The molecule has 0 fully saturated rings. The molecule has 192 valence electrons. The van der Waals surface area contributed by atoms with Crippen molar-refractivity contribution < 1.29 is 14.3 Å². The number of nitrogens with zero attached hydrogens (tertiary/aromatic N) is 4. The zero-order chi connectivity index (χ0) is 26.6. The molecular formula is C30H27FN4O2S. The maximum Gasteiger partial charge on any atom is 0.231 e. The van der Waals surface area contributed by atoms with Crippen LogP contribution >= 0.6 is 11.8 Å². The highest BCUT2D eigenvalue weighted by Crippen LogP contribution is 2.34. The summed E-state index contributed by atoms with van der Waals surface area (Å²) in [6, 6.07) is 25.0. The monoisotopic (exact) mass is 526 g/mol. The number of carbonyl (C=O) groups is 1. The van der Waals surface area contributed by atoms with Crippen LogP contribution in [0.1, 0.15) is 31.7 Å². The van der Waals surface area contributed by atoms with Crippen LogP contribution in [0.25, 0.3) is 16.7 Å². The number of hydrogen-bond acceptors (Lipinski definition) is 5. The number of aromatic hydroxyl groups is 1. The topological polar surface area (TPSA) is 71.2 Å². The Morgan fingerprint density at radius 2 is 1.68 bits per heavy atom. The molecule has 1 N–H and O–H groups in total. The van der Waals surface area contributed by atoms with Crippen molar-refractivity contribution in [3.8, 4) is 11.4 Å². The third-order valence-corrected chi connectivity index (χ3v) is 7.13. The number of phenolic OH excluding ortho intramolecular Hbond substituents is 1. The number of unbranched alkanes of at least 4 members (excludes halogenated alkanes) is 1. The molecule has 0 aliphatic carbocycles. The highest BCUT2D eigenvalue weighted by atomic mass is 32.2. The molecule has 8 heteroatoms. The van der Waals surface area contributed by atoms with Gasteiger partial charge in [0.25, 0.3) is 0 Å². The van der Waals surface area contributed by atoms with Gasteiger partial charge in [0, 0.05) is 22.3 Å². The third kappa shape index (κ3) is 5.40. The number of phenols is 1. The number of benzene rings is 4. The number of fused-ring (bicyclic) bond motifs is 1. The van der Waals surface area contributed by atoms with Crippen molar-refractivity contribution in [1.82, 2.24) is 15.0 Å². The van der Waals surface area contributed by atoms with Gasteiger partial charge in [0.1, 0.15) is 28.3 Å². The number of amides is 1. The fraction of sp³-hybridized carbons (Fsp3) is 0.167. The molecular weight excluding hydrogens is 499 g/mol. The number of para-hydroxylation sites is 1. The molecule has 1 aromatic heterocycles. The minimum atomic E-state index is -0.514. The number of halogens is 1. The van der Waals surface area contributed by atoms with Gasteiger partial charge >= 0.3 is 0 Å². The minimum absolute atomic E-state index is 0.123. The zero-order valence-electron chi connectivity index (χ0n) is 21.1. The molecule has 0 bridgehead atoms. The molecule has 1 amide bonds. The first-order valence-electron chi connectivity index (χ1n) is 12.5. The standard InChI is InChI=1S/C30H27FN4O2S/c1-3-4-9-30(37)34(27-8-6-5-7-24(27)31)21-12-17-28(29(36)18-21)35-32-25-16-15-23(19-26(25)33-35)38-22-13-10-20(2)11-14-22/h5-8,10-19,36H,3-4,9H2,1-2H3. The van der Waals surface area contributed by atoms with E-state index >= 15 is 0 Å². The molecule has 0 atom stereocenters. The van der Waals surface area contributed by atoms with Crippen LogP contribution < -0.4 is 4.90 Å². The summed E-state index contributed by atoms with van der Waals surface area (Å²) >= 11 is 1.64. The van der Waals surface area contributed by atoms with Crippen molar-refractivity contribution in [3.05, 3.63) is 96.3 Å². The van der Waals surface area contributed by atoms with Crippen molar-refractivity contribution in [3.63, 3.8) is 0 Å². The first-order valence-corrected chi connectivity index (χ1v) is 13.3. The quantitative estimate of drug-likeness (QED) is 0.226. The summed E-state index contributed by atoms with van der Waals surface area (Å²) in [4.78, 5) is 17.9. The van der Waals surface area contributed by atoms with E-state index in [1.54, 1.807) is 42.1 Å². The van der Waals surface area contributed by atoms with Crippen molar-refractivity contribution in [1.29, 1.82) is 0 Å². The van der Waals surface area contributed by atoms with Crippen LogP contribution in [0.15, 0.2) is 94.7 Å². The van der Waals surface area contributed by atoms with Gasteiger partial charge in [0.15, 0.2) is 0 Å². The van der Waals surface area contributed by atoms with Gasteiger partial charge in [-0.25, -0.2) is 4.39 Å². The Hall–Kier alpha value is -4.17. The molecule has 0 saturated heterocycles. The largest absolute Gasteiger partial charge is 0.506 e. The molecule has 0 aliphatic rings. The summed E-state index contributed by atoms with van der Waals surface area (Å²) in [6.07, 6.45) is 1.79. The first kappa shape index (κ1) is 25.5. The normalized spacial score (nSPS) is 11.1. The van der Waals surface area contributed by atoms with Crippen molar-refractivity contribution in [2.45, 2.75) is 42.9 Å². The number of rotatable bonds is 8. The summed E-state index contributed by atoms with van der Waals surface area (Å²) in [7, 11) is 0. The van der Waals surface area contributed by atoms with Crippen molar-refractivity contribution >= 4 is 40.1 Å². The second-order valence-electron chi connectivity index (χ2n) is 9.01. The Morgan fingerprint density at radius 3 is 2.42 bits per heavy atom. The number of carbonyl (C=O) groups excluding carboxylic acids is 1. The molecule has 0 aliphatic heterocycles. The molecule has 0 radical (unpaired) electrons. The SMILES string of the molecule is CCCCC(=O)N(c1ccc(-n2nc3ccc(Sc4ccc(C)cc4)cc3n2)c(O)c1)c1ccccc1F. The van der Waals surface area contributed by atoms with E-state index in [0.29, 0.717) is 28.8 Å². The van der Waals surface area contributed by atoms with E-state index in [-0.39, 0.29) is 23.8 Å². The predicted octanol–water partition coefficient (Wildman–Crippen LogP) is 7.58. The number of hydrogen-bond donors (Lipinski definition) is 1. The second-order valence-corrected chi connectivity index (χ2v) is 10.2. The summed E-state index contributed by atoms with van der Waals surface area (Å²) in [6.45, 7) is 4.05. The van der Waals surface area contributed by atoms with Crippen LogP contribution in [0.3, 0.4) is 0 Å². The molecule has 0 saturated carbocycles. The maximum atomic E-state index is 14.7. The number of aryl methyl sites for hydroxylation is 1. The van der Waals surface area contributed by atoms with Crippen molar-refractivity contribution in [2.75, 3.05) is 4.90 Å². The summed E-state index contributed by atoms with van der Waals surface area (Å²) in [5.41, 5.74) is 3.44. The van der Waals surface area contributed by atoms with E-state index in [0.717, 1.165) is 16.2 Å². The molecule has 5 aromatic rings. The minimum Gasteiger partial charge on any atom is -0.506 e. The van der Waals surface area contributed by atoms with Crippen LogP contribution in [0.5, 0.6) is 5.75 Å². The zero-order valence-corrected chi connectivity index (χ0v) is 22.0. The van der Waals surface area contributed by atoms with Crippen LogP contribution in [0.2, 0.25) is 0 Å². The van der Waals surface area contributed by atoms with Gasteiger partial charge in [0.05, 0.1) is 11.4 Å². The highest BCUT2D eigenvalue weighted by molar-refractivity contribution is 7.99. The average molecular weight is 527 g/mol. The van der Waals surface area contributed by atoms with Gasteiger partial charge in [-0.15, -0.1) is 15.0 Å². The summed E-state index contributed by atoms with van der Waals surface area (Å²) < 4.78 is 14.7. The lowest BCUT2D eigenvalue weighted by atomic mass is 10.1. The fourth-order valence-electron chi connectivity index (χ4n) is 4.12. The molecule has 38 heavy (non-hydrogen) atoms. The molecule has 6 nitrogen and oxygen atoms in total. The smallest absolute Gasteiger partial charge is 0.231 e. The van der Waals surface area contributed by atoms with Gasteiger partial charge in [0.2, 0.25) is 5.91 Å². The van der Waals surface area contributed by atoms with E-state index in [9.17, 15) is 14.3 Å². The Balaban J connectivity index is 1.45. The van der Waals surface area contributed by atoms with E-state index in [4.69, 9.17) is 0 Å². The molecule has 5 rings (SSSR count). The van der Waals surface area contributed by atoms with Gasteiger partial charge < -0.3 is 5.11 Å². The van der Waals surface area contributed by atoms with Gasteiger partial charge in [-0.3, -0.25) is 9.69 Å². The second kappa shape index (κ2) is 11.1. The van der Waals surface area contributed by atoms with E-state index in [1.807, 2.05) is 25.1 Å². The van der Waals surface area contributed by atoms with E-state index < -0.39 is 5.82 Å². The lowest BCUT2D eigenvalue weighted by Gasteiger charge is -2.24. The molecule has 4 aromatic carbocycles. The lowest BCUT2D eigenvalue weighted by Crippen LogP contribution is -2.26. The van der Waals surface area contributed by atoms with Gasteiger partial charge in [-0.1, -0.05) is 54.9 Å². The van der Waals surface area contributed by atoms with Gasteiger partial charge in [-0.2, -0.15) is 0 Å². The fourth-order valence-corrected chi connectivity index (χ4v) is 4.97. The maximum absolute atomic E-state index is 14.7. The Labute approximate surface area is 224 Å². The third-order valence-electron chi connectivity index (χ3n) is 6.13. The van der Waals surface area contributed by atoms with Crippen LogP contribution in [0, 0.1) is 12.7 Å². The Kier molecular flexibility index (Phi) is 7.42. The number of aromatic nitrogens is 3. The molecule has 0 spiro atoms. The summed E-state index contributed by atoms with van der Waals surface area (Å²) in [5.74, 6) is -0.882. The van der Waals surface area contributed by atoms with E-state index in [1.165, 1.54) is 27.4 Å². The van der Waals surface area contributed by atoms with Crippen molar-refractivity contribution in [2.24, 2.45) is 0 Å². The molecule has 0 unspecified atom stereocenters. The average Bonchev–Trinajstić information content (AvgIpc) is 3.33.